The fourth-order valence-electron chi connectivity index (χ4n) is 2.65. The zero-order chi connectivity index (χ0) is 15.9. The number of carboxylic acids is 1. The van der Waals surface area contributed by atoms with Crippen LogP contribution in [0.4, 0.5) is 0 Å². The Morgan fingerprint density at radius 2 is 2.23 bits per heavy atom. The third kappa shape index (κ3) is 5.33. The Morgan fingerprint density at radius 3 is 2.95 bits per heavy atom. The van der Waals surface area contributed by atoms with Gasteiger partial charge in [-0.3, -0.25) is 9.59 Å². The molecule has 120 valence electrons. The lowest BCUT2D eigenvalue weighted by molar-refractivity contribution is -0.137. The predicted molar refractivity (Wildman–Crippen MR) is 85.8 cm³/mol. The molecule has 1 amide bonds. The third-order valence-electron chi connectivity index (χ3n) is 3.80. The van der Waals surface area contributed by atoms with Crippen LogP contribution in [0.2, 0.25) is 0 Å². The average Bonchev–Trinajstić information content (AvgIpc) is 2.51. The molecule has 2 rings (SSSR count). The van der Waals surface area contributed by atoms with Crippen molar-refractivity contribution in [3.05, 3.63) is 28.7 Å². The summed E-state index contributed by atoms with van der Waals surface area (Å²) in [6, 6.07) is 7.38. The Bertz CT molecular complexity index is 535. The molecular formula is C16H20BrNO4. The van der Waals surface area contributed by atoms with Gasteiger partial charge < -0.3 is 14.7 Å². The highest BCUT2D eigenvalue weighted by atomic mass is 79.9. The lowest BCUT2D eigenvalue weighted by Gasteiger charge is -2.32. The van der Waals surface area contributed by atoms with Gasteiger partial charge in [0.05, 0.1) is 0 Å². The Labute approximate surface area is 138 Å². The van der Waals surface area contributed by atoms with Crippen LogP contribution >= 0.6 is 15.9 Å². The van der Waals surface area contributed by atoms with Gasteiger partial charge in [0.25, 0.3) is 5.91 Å². The van der Waals surface area contributed by atoms with Gasteiger partial charge in [-0.2, -0.15) is 0 Å². The molecule has 1 aromatic rings. The summed E-state index contributed by atoms with van der Waals surface area (Å²) in [5.74, 6) is 0.114. The van der Waals surface area contributed by atoms with E-state index in [1.807, 2.05) is 24.3 Å². The second-order valence-corrected chi connectivity index (χ2v) is 6.44. The number of nitrogens with zero attached hydrogens (tertiary/aromatic N) is 1. The largest absolute Gasteiger partial charge is 0.484 e. The summed E-state index contributed by atoms with van der Waals surface area (Å²) in [6.45, 7) is 1.38. The Balaban J connectivity index is 1.80. The summed E-state index contributed by atoms with van der Waals surface area (Å²) >= 11 is 3.36. The molecule has 6 heteroatoms. The number of carbonyl (C=O) groups is 2. The van der Waals surface area contributed by atoms with Gasteiger partial charge in [-0.15, -0.1) is 0 Å². The van der Waals surface area contributed by atoms with Gasteiger partial charge in [0.2, 0.25) is 0 Å². The molecule has 0 unspecified atom stereocenters. The number of hydrogen-bond donors (Lipinski definition) is 1. The molecule has 5 nitrogen and oxygen atoms in total. The molecular weight excluding hydrogens is 350 g/mol. The lowest BCUT2D eigenvalue weighted by Crippen LogP contribution is -2.42. The first-order valence-corrected chi connectivity index (χ1v) is 8.22. The van der Waals surface area contributed by atoms with E-state index in [-0.39, 0.29) is 24.9 Å². The van der Waals surface area contributed by atoms with Crippen molar-refractivity contribution in [2.45, 2.75) is 25.7 Å². The zero-order valence-corrected chi connectivity index (χ0v) is 13.9. The van der Waals surface area contributed by atoms with Crippen molar-refractivity contribution in [3.63, 3.8) is 0 Å². The molecule has 1 aliphatic rings. The second kappa shape index (κ2) is 8.17. The predicted octanol–water partition coefficient (Wildman–Crippen LogP) is 2.93. The first-order valence-electron chi connectivity index (χ1n) is 7.42. The van der Waals surface area contributed by atoms with Gasteiger partial charge in [-0.05, 0) is 43.4 Å². The fraction of sp³-hybridized carbons (Fsp3) is 0.500. The maximum absolute atomic E-state index is 12.2. The van der Waals surface area contributed by atoms with Crippen LogP contribution in [0.3, 0.4) is 0 Å². The van der Waals surface area contributed by atoms with E-state index in [2.05, 4.69) is 15.9 Å². The number of amides is 1. The van der Waals surface area contributed by atoms with E-state index in [1.54, 1.807) is 4.90 Å². The number of carboxylic acid groups (broad SMARTS) is 1. The van der Waals surface area contributed by atoms with E-state index in [1.165, 1.54) is 0 Å². The van der Waals surface area contributed by atoms with E-state index in [0.29, 0.717) is 18.7 Å². The Morgan fingerprint density at radius 1 is 1.41 bits per heavy atom. The van der Waals surface area contributed by atoms with Crippen molar-refractivity contribution in [2.24, 2.45) is 5.92 Å². The first kappa shape index (κ1) is 16.8. The SMILES string of the molecule is O=C(O)CC[C@H]1CCCN(C(=O)COc2cccc(Br)c2)C1. The van der Waals surface area contributed by atoms with Crippen molar-refractivity contribution in [3.8, 4) is 5.75 Å². The number of halogens is 1. The van der Waals surface area contributed by atoms with Crippen molar-refractivity contribution in [2.75, 3.05) is 19.7 Å². The smallest absolute Gasteiger partial charge is 0.303 e. The molecule has 1 saturated heterocycles. The summed E-state index contributed by atoms with van der Waals surface area (Å²) < 4.78 is 6.43. The van der Waals surface area contributed by atoms with Gasteiger partial charge in [0.15, 0.2) is 6.61 Å². The topological polar surface area (TPSA) is 66.8 Å². The molecule has 22 heavy (non-hydrogen) atoms. The van der Waals surface area contributed by atoms with Crippen LogP contribution in [0.25, 0.3) is 0 Å². The molecule has 1 fully saturated rings. The van der Waals surface area contributed by atoms with Crippen LogP contribution < -0.4 is 4.74 Å². The van der Waals surface area contributed by atoms with Crippen molar-refractivity contribution in [1.82, 2.24) is 4.90 Å². The van der Waals surface area contributed by atoms with Crippen LogP contribution in [0.1, 0.15) is 25.7 Å². The summed E-state index contributed by atoms with van der Waals surface area (Å²) in [6.07, 6.45) is 2.71. The molecule has 0 aliphatic carbocycles. The molecule has 1 aromatic carbocycles. The van der Waals surface area contributed by atoms with Crippen LogP contribution in [0.15, 0.2) is 28.7 Å². The van der Waals surface area contributed by atoms with Crippen molar-refractivity contribution < 1.29 is 19.4 Å². The van der Waals surface area contributed by atoms with E-state index in [4.69, 9.17) is 9.84 Å². The number of piperidine rings is 1. The van der Waals surface area contributed by atoms with Gasteiger partial charge in [-0.25, -0.2) is 0 Å². The molecule has 0 aromatic heterocycles. The highest BCUT2D eigenvalue weighted by molar-refractivity contribution is 9.10. The molecule has 0 spiro atoms. The molecule has 1 heterocycles. The number of hydrogen-bond acceptors (Lipinski definition) is 3. The maximum atomic E-state index is 12.2. The normalized spacial score (nSPS) is 18.0. The summed E-state index contributed by atoms with van der Waals surface area (Å²) in [5, 5.41) is 8.75. The highest BCUT2D eigenvalue weighted by Gasteiger charge is 2.24. The number of ether oxygens (including phenoxy) is 1. The van der Waals surface area contributed by atoms with Crippen LogP contribution in [0.5, 0.6) is 5.75 Å². The van der Waals surface area contributed by atoms with Gasteiger partial charge in [0, 0.05) is 24.0 Å². The van der Waals surface area contributed by atoms with E-state index >= 15 is 0 Å². The molecule has 1 aliphatic heterocycles. The second-order valence-electron chi connectivity index (χ2n) is 5.53. The average molecular weight is 370 g/mol. The third-order valence-corrected chi connectivity index (χ3v) is 4.29. The quantitative estimate of drug-likeness (QED) is 0.836. The number of benzene rings is 1. The van der Waals surface area contributed by atoms with Crippen molar-refractivity contribution >= 4 is 27.8 Å². The standard InChI is InChI=1S/C16H20BrNO4/c17-13-4-1-5-14(9-13)22-11-15(19)18-8-2-3-12(10-18)6-7-16(20)21/h1,4-5,9,12H,2-3,6-8,10-11H2,(H,20,21)/t12-/m1/s1. The zero-order valence-electron chi connectivity index (χ0n) is 12.3. The minimum Gasteiger partial charge on any atom is -0.484 e. The summed E-state index contributed by atoms with van der Waals surface area (Å²) in [4.78, 5) is 24.6. The van der Waals surface area contributed by atoms with Gasteiger partial charge >= 0.3 is 5.97 Å². The highest BCUT2D eigenvalue weighted by Crippen LogP contribution is 2.22. The molecule has 1 N–H and O–H groups in total. The Hall–Kier alpha value is -1.56. The fourth-order valence-corrected chi connectivity index (χ4v) is 3.03. The van der Waals surface area contributed by atoms with Crippen molar-refractivity contribution in [1.29, 1.82) is 0 Å². The monoisotopic (exact) mass is 369 g/mol. The van der Waals surface area contributed by atoms with Crippen LogP contribution in [-0.4, -0.2) is 41.6 Å². The van der Waals surface area contributed by atoms with Gasteiger partial charge in [-0.1, -0.05) is 22.0 Å². The van der Waals surface area contributed by atoms with Crippen LogP contribution in [-0.2, 0) is 9.59 Å². The molecule has 1 atom stereocenters. The minimum absolute atomic E-state index is 0.0160. The lowest BCUT2D eigenvalue weighted by atomic mass is 9.93. The molecule has 0 bridgehead atoms. The molecule has 0 saturated carbocycles. The summed E-state index contributed by atoms with van der Waals surface area (Å²) in [7, 11) is 0. The number of carbonyl (C=O) groups excluding carboxylic acids is 1. The van der Waals surface area contributed by atoms with E-state index < -0.39 is 5.97 Å². The molecule has 0 radical (unpaired) electrons. The Kier molecular flexibility index (Phi) is 6.24. The first-order chi connectivity index (χ1) is 10.5. The van der Waals surface area contributed by atoms with E-state index in [0.717, 1.165) is 23.9 Å². The van der Waals surface area contributed by atoms with E-state index in [9.17, 15) is 9.59 Å². The maximum Gasteiger partial charge on any atom is 0.303 e. The number of likely N-dealkylation sites (tertiary alicyclic amines) is 1. The minimum atomic E-state index is -0.776. The number of rotatable bonds is 6. The number of aliphatic carboxylic acids is 1. The van der Waals surface area contributed by atoms with Crippen LogP contribution in [0, 0.1) is 5.92 Å². The van der Waals surface area contributed by atoms with Gasteiger partial charge in [0.1, 0.15) is 5.75 Å². The summed E-state index contributed by atoms with van der Waals surface area (Å²) in [5.41, 5.74) is 0.